The Morgan fingerprint density at radius 1 is 1.24 bits per heavy atom. The van der Waals surface area contributed by atoms with Gasteiger partial charge in [-0.1, -0.05) is 23.7 Å². The summed E-state index contributed by atoms with van der Waals surface area (Å²) in [5.74, 6) is -0.874. The summed E-state index contributed by atoms with van der Waals surface area (Å²) in [4.78, 5) is 38.1. The first kappa shape index (κ1) is 17.2. The predicted molar refractivity (Wildman–Crippen MR) is 89.3 cm³/mol. The highest BCUT2D eigenvalue weighted by atomic mass is 35.5. The molecule has 0 saturated carbocycles. The van der Waals surface area contributed by atoms with Crippen molar-refractivity contribution in [3.63, 3.8) is 0 Å². The Kier molecular flexibility index (Phi) is 4.89. The van der Waals surface area contributed by atoms with E-state index in [0.29, 0.717) is 24.7 Å². The Bertz CT molecular complexity index is 856. The largest absolute Gasteiger partial charge is 0.465 e. The van der Waals surface area contributed by atoms with Crippen molar-refractivity contribution in [2.24, 2.45) is 0 Å². The van der Waals surface area contributed by atoms with Crippen LogP contribution in [0.5, 0.6) is 0 Å². The van der Waals surface area contributed by atoms with Gasteiger partial charge in [0.1, 0.15) is 6.54 Å². The van der Waals surface area contributed by atoms with Crippen molar-refractivity contribution in [1.29, 1.82) is 0 Å². The minimum atomic E-state index is -0.564. The van der Waals surface area contributed by atoms with Crippen molar-refractivity contribution in [1.82, 2.24) is 19.2 Å². The molecule has 0 radical (unpaired) electrons. The smallest absolute Gasteiger partial charge is 0.346 e. The zero-order valence-electron chi connectivity index (χ0n) is 13.6. The van der Waals surface area contributed by atoms with Gasteiger partial charge in [-0.2, -0.15) is 0 Å². The fourth-order valence-corrected chi connectivity index (χ4v) is 2.78. The first-order valence-corrected chi connectivity index (χ1v) is 8.24. The van der Waals surface area contributed by atoms with Gasteiger partial charge in [0.2, 0.25) is 5.82 Å². The van der Waals surface area contributed by atoms with E-state index in [2.05, 4.69) is 5.10 Å². The van der Waals surface area contributed by atoms with Crippen LogP contribution in [0.1, 0.15) is 23.1 Å². The Labute approximate surface area is 148 Å². The minimum Gasteiger partial charge on any atom is -0.465 e. The number of halogens is 1. The van der Waals surface area contributed by atoms with Crippen LogP contribution in [0.4, 0.5) is 0 Å². The lowest BCUT2D eigenvalue weighted by Gasteiger charge is -2.26. The molecule has 0 fully saturated rings. The topological polar surface area (TPSA) is 86.4 Å². The van der Waals surface area contributed by atoms with Crippen LogP contribution in [-0.4, -0.2) is 44.3 Å². The molecular weight excluding hydrogens is 348 g/mol. The number of hydrogen-bond donors (Lipinski definition) is 0. The van der Waals surface area contributed by atoms with E-state index < -0.39 is 11.7 Å². The first-order chi connectivity index (χ1) is 12.0. The minimum absolute atomic E-state index is 0.0366. The van der Waals surface area contributed by atoms with Gasteiger partial charge in [-0.05, 0) is 24.6 Å². The van der Waals surface area contributed by atoms with Crippen LogP contribution in [0, 0.1) is 0 Å². The van der Waals surface area contributed by atoms with E-state index in [1.54, 1.807) is 24.0 Å². The molecule has 9 heteroatoms. The molecule has 25 heavy (non-hydrogen) atoms. The molecular formula is C16H17ClN4O4. The summed E-state index contributed by atoms with van der Waals surface area (Å²) in [6, 6.07) is 7.21. The molecule has 2 heterocycles. The normalized spacial score (nSPS) is 13.7. The molecule has 1 aliphatic heterocycles. The molecule has 1 aromatic carbocycles. The molecule has 0 bridgehead atoms. The summed E-state index contributed by atoms with van der Waals surface area (Å²) < 4.78 is 7.08. The van der Waals surface area contributed by atoms with Gasteiger partial charge in [-0.3, -0.25) is 14.2 Å². The van der Waals surface area contributed by atoms with Gasteiger partial charge >= 0.3 is 11.7 Å². The predicted octanol–water partition coefficient (Wildman–Crippen LogP) is 0.917. The van der Waals surface area contributed by atoms with Crippen molar-refractivity contribution in [3.05, 3.63) is 51.2 Å². The van der Waals surface area contributed by atoms with Gasteiger partial charge in [-0.25, -0.2) is 9.48 Å². The molecule has 0 aliphatic carbocycles. The number of amides is 1. The molecule has 3 rings (SSSR count). The monoisotopic (exact) mass is 364 g/mol. The van der Waals surface area contributed by atoms with Gasteiger partial charge in [0.25, 0.3) is 5.91 Å². The molecule has 1 aliphatic rings. The number of rotatable bonds is 5. The maximum absolute atomic E-state index is 12.6. The number of carbonyl (C=O) groups is 2. The second-order valence-corrected chi connectivity index (χ2v) is 6.01. The Morgan fingerprint density at radius 2 is 1.96 bits per heavy atom. The van der Waals surface area contributed by atoms with E-state index in [0.717, 1.165) is 10.2 Å². The summed E-state index contributed by atoms with van der Waals surface area (Å²) in [6.07, 6.45) is 0. The van der Waals surface area contributed by atoms with E-state index >= 15 is 0 Å². The number of nitrogens with zero attached hydrogens (tertiary/aromatic N) is 4. The molecule has 0 saturated heterocycles. The van der Waals surface area contributed by atoms with Crippen molar-refractivity contribution >= 4 is 23.5 Å². The average molecular weight is 365 g/mol. The molecule has 8 nitrogen and oxygen atoms in total. The standard InChI is InChI=1S/C16H17ClN4O4/c1-2-25-13(22)10-21-16(24)20-8-7-19(15(23)14(20)18-21)9-11-3-5-12(17)6-4-11/h3-6H,2,7-10H2,1H3. The highest BCUT2D eigenvalue weighted by molar-refractivity contribution is 6.30. The van der Waals surface area contributed by atoms with E-state index in [1.807, 2.05) is 12.1 Å². The van der Waals surface area contributed by atoms with Crippen LogP contribution >= 0.6 is 11.6 Å². The summed E-state index contributed by atoms with van der Waals surface area (Å²) in [6.45, 7) is 2.70. The Morgan fingerprint density at radius 3 is 2.64 bits per heavy atom. The summed E-state index contributed by atoms with van der Waals surface area (Å²) in [7, 11) is 0. The third-order valence-corrected chi connectivity index (χ3v) is 4.12. The van der Waals surface area contributed by atoms with Crippen molar-refractivity contribution in [2.75, 3.05) is 13.2 Å². The fourth-order valence-electron chi connectivity index (χ4n) is 2.66. The number of hydrogen-bond acceptors (Lipinski definition) is 5. The van der Waals surface area contributed by atoms with Crippen molar-refractivity contribution in [3.8, 4) is 0 Å². The second-order valence-electron chi connectivity index (χ2n) is 5.57. The molecule has 0 spiro atoms. The number of esters is 1. The first-order valence-electron chi connectivity index (χ1n) is 7.86. The van der Waals surface area contributed by atoms with Gasteiger partial charge in [-0.15, -0.1) is 5.10 Å². The third kappa shape index (κ3) is 3.58. The molecule has 0 N–H and O–H groups in total. The van der Waals surface area contributed by atoms with Crippen LogP contribution in [0.25, 0.3) is 0 Å². The quantitative estimate of drug-likeness (QED) is 0.736. The fraction of sp³-hybridized carbons (Fsp3) is 0.375. The van der Waals surface area contributed by atoms with Crippen LogP contribution in [-0.2, 0) is 29.2 Å². The third-order valence-electron chi connectivity index (χ3n) is 3.87. The lowest BCUT2D eigenvalue weighted by Crippen LogP contribution is -2.42. The van der Waals surface area contributed by atoms with E-state index in [4.69, 9.17) is 16.3 Å². The maximum atomic E-state index is 12.6. The SMILES string of the molecule is CCOC(=O)Cn1nc2n(c1=O)CCN(Cc1ccc(Cl)cc1)C2=O. The van der Waals surface area contributed by atoms with E-state index in [-0.39, 0.29) is 24.9 Å². The number of fused-ring (bicyclic) bond motifs is 1. The van der Waals surface area contributed by atoms with Gasteiger partial charge in [0.05, 0.1) is 6.61 Å². The van der Waals surface area contributed by atoms with Crippen molar-refractivity contribution < 1.29 is 14.3 Å². The number of benzene rings is 1. The molecule has 1 aromatic heterocycles. The molecule has 0 atom stereocenters. The number of carbonyl (C=O) groups excluding carboxylic acids is 2. The van der Waals surface area contributed by atoms with Gasteiger partial charge in [0, 0.05) is 24.7 Å². The second kappa shape index (κ2) is 7.10. The molecule has 1 amide bonds. The van der Waals surface area contributed by atoms with E-state index in [9.17, 15) is 14.4 Å². The van der Waals surface area contributed by atoms with E-state index in [1.165, 1.54) is 4.57 Å². The van der Waals surface area contributed by atoms with Crippen molar-refractivity contribution in [2.45, 2.75) is 26.6 Å². The molecule has 2 aromatic rings. The Hall–Kier alpha value is -2.61. The summed E-state index contributed by atoms with van der Waals surface area (Å²) in [5.41, 5.74) is 0.446. The number of ether oxygens (including phenoxy) is 1. The molecule has 132 valence electrons. The zero-order valence-corrected chi connectivity index (χ0v) is 14.4. The van der Waals surface area contributed by atoms with Crippen LogP contribution in [0.15, 0.2) is 29.1 Å². The Balaban J connectivity index is 1.79. The van der Waals surface area contributed by atoms with Gasteiger partial charge < -0.3 is 9.64 Å². The van der Waals surface area contributed by atoms with Crippen LogP contribution in [0.3, 0.4) is 0 Å². The summed E-state index contributed by atoms with van der Waals surface area (Å²) >= 11 is 5.87. The zero-order chi connectivity index (χ0) is 18.0. The molecule has 0 unspecified atom stereocenters. The highest BCUT2D eigenvalue weighted by Gasteiger charge is 2.30. The lowest BCUT2D eigenvalue weighted by atomic mass is 10.2. The van der Waals surface area contributed by atoms with Crippen LogP contribution < -0.4 is 5.69 Å². The maximum Gasteiger partial charge on any atom is 0.346 e. The highest BCUT2D eigenvalue weighted by Crippen LogP contribution is 2.15. The van der Waals surface area contributed by atoms with Crippen LogP contribution in [0.2, 0.25) is 5.02 Å². The lowest BCUT2D eigenvalue weighted by molar-refractivity contribution is -0.144. The van der Waals surface area contributed by atoms with Gasteiger partial charge in [0.15, 0.2) is 0 Å². The summed E-state index contributed by atoms with van der Waals surface area (Å²) in [5, 5.41) is 4.64. The average Bonchev–Trinajstić information content (AvgIpc) is 2.89. The number of aromatic nitrogens is 3.